The molecule has 0 aliphatic rings. The fraction of sp³-hybridized carbons (Fsp3) is 0.143. The number of benzene rings is 1. The smallest absolute Gasteiger partial charge is 0.307 e. The molecule has 0 saturated carbocycles. The van der Waals surface area contributed by atoms with E-state index in [0.29, 0.717) is 11.1 Å². The third-order valence-electron chi connectivity index (χ3n) is 2.98. The number of carboxylic acids is 1. The van der Waals surface area contributed by atoms with E-state index in [1.807, 2.05) is 0 Å². The minimum absolute atomic E-state index is 0.0873. The summed E-state index contributed by atoms with van der Waals surface area (Å²) in [7, 11) is 0. The molecule has 1 aromatic carbocycles. The molecule has 1 N–H and O–H groups in total. The monoisotopic (exact) mass is 288 g/mol. The van der Waals surface area contributed by atoms with Crippen LogP contribution in [0.4, 0.5) is 5.69 Å². The highest BCUT2D eigenvalue weighted by Crippen LogP contribution is 2.13. The van der Waals surface area contributed by atoms with Gasteiger partial charge in [-0.3, -0.25) is 19.7 Å². The lowest BCUT2D eigenvalue weighted by Gasteiger charge is -2.09. The number of carboxylic acid groups (broad SMARTS) is 1. The topological polar surface area (TPSA) is 102 Å². The van der Waals surface area contributed by atoms with Crippen molar-refractivity contribution in [2.45, 2.75) is 13.0 Å². The van der Waals surface area contributed by atoms with Crippen molar-refractivity contribution in [1.29, 1.82) is 0 Å². The maximum Gasteiger partial charge on any atom is 0.307 e. The van der Waals surface area contributed by atoms with Gasteiger partial charge in [-0.1, -0.05) is 24.3 Å². The zero-order chi connectivity index (χ0) is 15.4. The van der Waals surface area contributed by atoms with Gasteiger partial charge in [-0.25, -0.2) is 0 Å². The summed E-state index contributed by atoms with van der Waals surface area (Å²) >= 11 is 0. The first-order chi connectivity index (χ1) is 9.97. The molecule has 1 aromatic heterocycles. The van der Waals surface area contributed by atoms with Crippen LogP contribution >= 0.6 is 0 Å². The van der Waals surface area contributed by atoms with Gasteiger partial charge in [0.2, 0.25) is 0 Å². The Labute approximate surface area is 119 Å². The Morgan fingerprint density at radius 3 is 2.48 bits per heavy atom. The van der Waals surface area contributed by atoms with Gasteiger partial charge in [0.15, 0.2) is 0 Å². The maximum atomic E-state index is 11.8. The Kier molecular flexibility index (Phi) is 4.13. The van der Waals surface area contributed by atoms with Gasteiger partial charge in [0, 0.05) is 12.1 Å². The van der Waals surface area contributed by atoms with Gasteiger partial charge in [-0.05, 0) is 11.1 Å². The fourth-order valence-electron chi connectivity index (χ4n) is 1.98. The molecule has 7 nitrogen and oxygen atoms in total. The quantitative estimate of drug-likeness (QED) is 0.662. The van der Waals surface area contributed by atoms with Crippen LogP contribution in [0.5, 0.6) is 0 Å². The van der Waals surface area contributed by atoms with Crippen LogP contribution in [0.2, 0.25) is 0 Å². The second-order valence-corrected chi connectivity index (χ2v) is 4.45. The summed E-state index contributed by atoms with van der Waals surface area (Å²) in [6, 6.07) is 9.05. The van der Waals surface area contributed by atoms with E-state index in [0.717, 1.165) is 18.3 Å². The highest BCUT2D eigenvalue weighted by atomic mass is 16.6. The van der Waals surface area contributed by atoms with Gasteiger partial charge in [0.25, 0.3) is 11.2 Å². The van der Waals surface area contributed by atoms with Gasteiger partial charge < -0.3 is 9.67 Å². The van der Waals surface area contributed by atoms with E-state index in [-0.39, 0.29) is 24.2 Å². The van der Waals surface area contributed by atoms with Crippen molar-refractivity contribution in [2.24, 2.45) is 0 Å². The molecule has 108 valence electrons. The lowest BCUT2D eigenvalue weighted by Crippen LogP contribution is -2.20. The van der Waals surface area contributed by atoms with Crippen molar-refractivity contribution < 1.29 is 14.8 Å². The second-order valence-electron chi connectivity index (χ2n) is 4.45. The van der Waals surface area contributed by atoms with Crippen LogP contribution in [0, 0.1) is 10.1 Å². The average Bonchev–Trinajstić information content (AvgIpc) is 2.42. The van der Waals surface area contributed by atoms with E-state index in [4.69, 9.17) is 5.11 Å². The molecule has 0 bridgehead atoms. The minimum atomic E-state index is -0.978. The van der Waals surface area contributed by atoms with Crippen molar-refractivity contribution in [3.63, 3.8) is 0 Å². The highest BCUT2D eigenvalue weighted by molar-refractivity contribution is 5.70. The number of rotatable bonds is 5. The zero-order valence-corrected chi connectivity index (χ0v) is 10.9. The first-order valence-electron chi connectivity index (χ1n) is 6.11. The minimum Gasteiger partial charge on any atom is -0.481 e. The lowest BCUT2D eigenvalue weighted by atomic mass is 10.0. The summed E-state index contributed by atoms with van der Waals surface area (Å²) < 4.78 is 1.19. The van der Waals surface area contributed by atoms with Crippen LogP contribution in [0.15, 0.2) is 47.4 Å². The summed E-state index contributed by atoms with van der Waals surface area (Å²) in [5.74, 6) is -0.978. The number of nitrogens with zero attached hydrogens (tertiary/aromatic N) is 2. The molecule has 0 fully saturated rings. The molecule has 0 atom stereocenters. The summed E-state index contributed by atoms with van der Waals surface area (Å²) in [5, 5.41) is 19.6. The predicted octanol–water partition coefficient (Wildman–Crippen LogP) is 1.43. The van der Waals surface area contributed by atoms with Crippen LogP contribution in [-0.4, -0.2) is 20.6 Å². The number of pyridine rings is 1. The number of nitro groups is 1. The molecule has 0 radical (unpaired) electrons. The number of hydrogen-bond acceptors (Lipinski definition) is 4. The molecule has 2 aromatic rings. The van der Waals surface area contributed by atoms with Gasteiger partial charge in [0.05, 0.1) is 24.1 Å². The highest BCUT2D eigenvalue weighted by Gasteiger charge is 2.11. The SMILES string of the molecule is O=C(O)Cc1ccccc1Cn1cc([N+](=O)[O-])ccc1=O. The molecular weight excluding hydrogens is 276 g/mol. The Morgan fingerprint density at radius 1 is 1.19 bits per heavy atom. The largest absolute Gasteiger partial charge is 0.481 e. The number of aliphatic carboxylic acids is 1. The summed E-state index contributed by atoms with van der Waals surface area (Å²) in [6.07, 6.45) is 0.986. The van der Waals surface area contributed by atoms with Gasteiger partial charge in [0.1, 0.15) is 0 Å². The van der Waals surface area contributed by atoms with E-state index < -0.39 is 10.9 Å². The van der Waals surface area contributed by atoms with Crippen molar-refractivity contribution in [2.75, 3.05) is 0 Å². The fourth-order valence-corrected chi connectivity index (χ4v) is 1.98. The molecule has 0 unspecified atom stereocenters. The van der Waals surface area contributed by atoms with Crippen LogP contribution in [0.3, 0.4) is 0 Å². The van der Waals surface area contributed by atoms with E-state index in [1.165, 1.54) is 4.57 Å². The van der Waals surface area contributed by atoms with E-state index >= 15 is 0 Å². The predicted molar refractivity (Wildman–Crippen MR) is 74.2 cm³/mol. The first kappa shape index (κ1) is 14.4. The van der Waals surface area contributed by atoms with Crippen molar-refractivity contribution in [3.05, 3.63) is 74.2 Å². The average molecular weight is 288 g/mol. The van der Waals surface area contributed by atoms with E-state index in [1.54, 1.807) is 24.3 Å². The molecule has 2 rings (SSSR count). The molecular formula is C14H12N2O5. The summed E-state index contributed by atoms with van der Waals surface area (Å²) in [4.78, 5) is 32.7. The van der Waals surface area contributed by atoms with Crippen molar-refractivity contribution >= 4 is 11.7 Å². The van der Waals surface area contributed by atoms with Gasteiger partial charge in [-0.15, -0.1) is 0 Å². The second kappa shape index (κ2) is 6.00. The Morgan fingerprint density at radius 2 is 1.86 bits per heavy atom. The van der Waals surface area contributed by atoms with Crippen molar-refractivity contribution in [3.8, 4) is 0 Å². The van der Waals surface area contributed by atoms with Gasteiger partial charge >= 0.3 is 5.97 Å². The number of carbonyl (C=O) groups is 1. The van der Waals surface area contributed by atoms with Crippen molar-refractivity contribution in [1.82, 2.24) is 4.57 Å². The molecule has 0 aliphatic carbocycles. The molecule has 0 aliphatic heterocycles. The van der Waals surface area contributed by atoms with Crippen LogP contribution in [-0.2, 0) is 17.8 Å². The molecule has 0 amide bonds. The standard InChI is InChI=1S/C14H12N2O5/c17-13-6-5-12(16(20)21)9-15(13)8-11-4-2-1-3-10(11)7-14(18)19/h1-6,9H,7-8H2,(H,18,19). The van der Waals surface area contributed by atoms with E-state index in [2.05, 4.69) is 0 Å². The molecule has 0 saturated heterocycles. The molecule has 21 heavy (non-hydrogen) atoms. The molecule has 1 heterocycles. The normalized spacial score (nSPS) is 10.3. The number of hydrogen-bond donors (Lipinski definition) is 1. The molecule has 7 heteroatoms. The Hall–Kier alpha value is -2.96. The van der Waals surface area contributed by atoms with E-state index in [9.17, 15) is 19.7 Å². The Bertz CT molecular complexity index is 751. The lowest BCUT2D eigenvalue weighted by molar-refractivity contribution is -0.385. The zero-order valence-electron chi connectivity index (χ0n) is 10.9. The Balaban J connectivity index is 2.38. The van der Waals surface area contributed by atoms with Crippen LogP contribution < -0.4 is 5.56 Å². The molecule has 0 spiro atoms. The first-order valence-corrected chi connectivity index (χ1v) is 6.11. The van der Waals surface area contributed by atoms with Crippen LogP contribution in [0.25, 0.3) is 0 Å². The third-order valence-corrected chi connectivity index (χ3v) is 2.98. The number of aromatic nitrogens is 1. The van der Waals surface area contributed by atoms with Gasteiger partial charge in [-0.2, -0.15) is 0 Å². The maximum absolute atomic E-state index is 11.8. The summed E-state index contributed by atoms with van der Waals surface area (Å²) in [5.41, 5.74) is 0.641. The summed E-state index contributed by atoms with van der Waals surface area (Å²) in [6.45, 7) is 0.0873. The van der Waals surface area contributed by atoms with Crippen LogP contribution in [0.1, 0.15) is 11.1 Å². The third kappa shape index (κ3) is 3.53.